The number of methoxy groups -OCH3 is 1. The predicted octanol–water partition coefficient (Wildman–Crippen LogP) is 3.84. The Hall–Kier alpha value is -2.04. The van der Waals surface area contributed by atoms with Gasteiger partial charge >= 0.3 is 0 Å². The second kappa shape index (κ2) is 13.0. The topological polar surface area (TPSA) is 58.6 Å². The van der Waals surface area contributed by atoms with Gasteiger partial charge in [0.15, 0.2) is 17.5 Å². The molecule has 0 saturated carbocycles. The van der Waals surface area contributed by atoms with Crippen molar-refractivity contribution in [2.24, 2.45) is 10.9 Å². The van der Waals surface area contributed by atoms with Crippen LogP contribution in [0.3, 0.4) is 0 Å². The van der Waals surface area contributed by atoms with Crippen LogP contribution in [0.4, 0.5) is 0 Å². The molecule has 7 nitrogen and oxygen atoms in total. The molecule has 0 aromatic heterocycles. The van der Waals surface area contributed by atoms with Crippen LogP contribution < -0.4 is 14.8 Å². The first-order valence-corrected chi connectivity index (χ1v) is 11.4. The Bertz CT molecular complexity index is 887. The van der Waals surface area contributed by atoms with Crippen LogP contribution in [-0.4, -0.2) is 75.9 Å². The largest absolute Gasteiger partial charge is 0.493 e. The van der Waals surface area contributed by atoms with Crippen LogP contribution in [0, 0.1) is 5.92 Å². The number of nitrogens with one attached hydrogen (secondary N) is 1. The summed E-state index contributed by atoms with van der Waals surface area (Å²) in [5.41, 5.74) is 1.18. The summed E-state index contributed by atoms with van der Waals surface area (Å²) in [5, 5.41) is 3.52. The van der Waals surface area contributed by atoms with Gasteiger partial charge in [-0.2, -0.15) is 0 Å². The molecule has 1 unspecified atom stereocenters. The molecule has 0 bridgehead atoms. The molecule has 2 aliphatic rings. The Morgan fingerprint density at radius 3 is 2.48 bits per heavy atom. The molecular weight excluding hydrogens is 531 g/mol. The van der Waals surface area contributed by atoms with Gasteiger partial charge in [0.1, 0.15) is 5.75 Å². The molecule has 180 valence electrons. The lowest BCUT2D eigenvalue weighted by Crippen LogP contribution is -2.42. The van der Waals surface area contributed by atoms with Gasteiger partial charge in [-0.3, -0.25) is 9.89 Å². The van der Waals surface area contributed by atoms with Gasteiger partial charge in [-0.25, -0.2) is 0 Å². The molecule has 0 spiro atoms. The number of ether oxygens (including phenoxy) is 3. The summed E-state index contributed by atoms with van der Waals surface area (Å²) in [6.07, 6.45) is 1.22. The number of para-hydroxylation sites is 2. The highest BCUT2D eigenvalue weighted by atomic mass is 127. The highest BCUT2D eigenvalue weighted by molar-refractivity contribution is 14.0. The van der Waals surface area contributed by atoms with Crippen LogP contribution >= 0.6 is 24.0 Å². The van der Waals surface area contributed by atoms with E-state index in [1.165, 1.54) is 12.0 Å². The first-order chi connectivity index (χ1) is 15.7. The van der Waals surface area contributed by atoms with Crippen LogP contribution in [0.5, 0.6) is 17.2 Å². The summed E-state index contributed by atoms with van der Waals surface area (Å²) in [7, 11) is 3.51. The average Bonchev–Trinajstić information content (AvgIpc) is 3.29. The lowest BCUT2D eigenvalue weighted by molar-refractivity contribution is 0.0315. The van der Waals surface area contributed by atoms with Crippen LogP contribution in [0.25, 0.3) is 0 Å². The van der Waals surface area contributed by atoms with E-state index >= 15 is 0 Å². The van der Waals surface area contributed by atoms with Crippen molar-refractivity contribution in [2.75, 3.05) is 60.1 Å². The highest BCUT2D eigenvalue weighted by Gasteiger charge is 2.27. The number of morpholine rings is 1. The number of hydrogen-bond acceptors (Lipinski definition) is 5. The van der Waals surface area contributed by atoms with E-state index in [2.05, 4.69) is 32.2 Å². The van der Waals surface area contributed by atoms with Crippen molar-refractivity contribution < 1.29 is 14.2 Å². The maximum atomic E-state index is 5.97. The van der Waals surface area contributed by atoms with Gasteiger partial charge < -0.3 is 24.4 Å². The zero-order valence-electron chi connectivity index (χ0n) is 19.5. The number of halogens is 1. The summed E-state index contributed by atoms with van der Waals surface area (Å²) in [6.45, 7) is 7.84. The molecule has 2 aromatic rings. The molecule has 2 saturated heterocycles. The normalized spacial score (nSPS) is 19.2. The van der Waals surface area contributed by atoms with Crippen molar-refractivity contribution in [2.45, 2.75) is 13.0 Å². The monoisotopic (exact) mass is 566 g/mol. The number of aliphatic imine (C=N–C) groups is 1. The lowest BCUT2D eigenvalue weighted by atomic mass is 10.1. The number of rotatable bonds is 7. The molecule has 2 aliphatic heterocycles. The zero-order chi connectivity index (χ0) is 22.2. The van der Waals surface area contributed by atoms with Gasteiger partial charge in [-0.1, -0.05) is 24.3 Å². The Kier molecular flexibility index (Phi) is 10.1. The molecule has 4 rings (SSSR count). The molecule has 2 fully saturated rings. The van der Waals surface area contributed by atoms with Crippen LogP contribution in [0.2, 0.25) is 0 Å². The Balaban J connectivity index is 0.00000306. The van der Waals surface area contributed by atoms with E-state index in [9.17, 15) is 0 Å². The summed E-state index contributed by atoms with van der Waals surface area (Å²) in [6, 6.07) is 15.8. The minimum Gasteiger partial charge on any atom is -0.493 e. The Labute approximate surface area is 214 Å². The van der Waals surface area contributed by atoms with Gasteiger partial charge in [-0.05, 0) is 42.2 Å². The van der Waals surface area contributed by atoms with Crippen LogP contribution in [0.1, 0.15) is 12.0 Å². The standard InChI is InChI=1S/C25H34N4O3.HI/c1-26-25(29-12-11-21(19-29)18-28-13-15-31-16-14-28)27-17-20-7-9-22(10-8-20)32-24-6-4-3-5-23(24)30-2;/h3-10,21H,11-19H2,1-2H3,(H,26,27);1H. The third-order valence-electron chi connectivity index (χ3n) is 6.09. The number of nitrogens with zero attached hydrogens (tertiary/aromatic N) is 3. The molecule has 8 heteroatoms. The van der Waals surface area contributed by atoms with E-state index in [-0.39, 0.29) is 24.0 Å². The summed E-state index contributed by atoms with van der Waals surface area (Å²) < 4.78 is 16.8. The lowest BCUT2D eigenvalue weighted by Gasteiger charge is -2.29. The van der Waals surface area contributed by atoms with E-state index in [1.54, 1.807) is 7.11 Å². The molecule has 2 heterocycles. The van der Waals surface area contributed by atoms with E-state index in [4.69, 9.17) is 14.2 Å². The maximum Gasteiger partial charge on any atom is 0.193 e. The summed E-state index contributed by atoms with van der Waals surface area (Å²) in [4.78, 5) is 9.43. The van der Waals surface area contributed by atoms with Crippen LogP contribution in [0.15, 0.2) is 53.5 Å². The van der Waals surface area contributed by atoms with Crippen molar-refractivity contribution in [1.82, 2.24) is 15.1 Å². The van der Waals surface area contributed by atoms with Crippen LogP contribution in [-0.2, 0) is 11.3 Å². The maximum absolute atomic E-state index is 5.97. The third kappa shape index (κ3) is 7.22. The number of guanidine groups is 1. The highest BCUT2D eigenvalue weighted by Crippen LogP contribution is 2.30. The predicted molar refractivity (Wildman–Crippen MR) is 142 cm³/mol. The van der Waals surface area contributed by atoms with Gasteiger partial charge in [-0.15, -0.1) is 24.0 Å². The van der Waals surface area contributed by atoms with E-state index in [1.807, 2.05) is 43.4 Å². The molecule has 0 radical (unpaired) electrons. The quantitative estimate of drug-likeness (QED) is 0.313. The van der Waals surface area contributed by atoms with E-state index in [0.717, 1.165) is 69.9 Å². The summed E-state index contributed by atoms with van der Waals surface area (Å²) in [5.74, 6) is 3.89. The van der Waals surface area contributed by atoms with Gasteiger partial charge in [0.2, 0.25) is 0 Å². The molecule has 2 aromatic carbocycles. The minimum absolute atomic E-state index is 0. The fourth-order valence-electron chi connectivity index (χ4n) is 4.34. The second-order valence-corrected chi connectivity index (χ2v) is 8.31. The average molecular weight is 566 g/mol. The number of benzene rings is 2. The molecule has 33 heavy (non-hydrogen) atoms. The van der Waals surface area contributed by atoms with Crippen molar-refractivity contribution in [1.29, 1.82) is 0 Å². The molecule has 0 aliphatic carbocycles. The number of likely N-dealkylation sites (tertiary alicyclic amines) is 1. The first kappa shape index (κ1) is 25.6. The van der Waals surface area contributed by atoms with Crippen molar-refractivity contribution in [3.8, 4) is 17.2 Å². The molecule has 0 amide bonds. The van der Waals surface area contributed by atoms with Gasteiger partial charge in [0.25, 0.3) is 0 Å². The number of hydrogen-bond donors (Lipinski definition) is 1. The first-order valence-electron chi connectivity index (χ1n) is 11.4. The van der Waals surface area contributed by atoms with Gasteiger partial charge in [0, 0.05) is 46.3 Å². The molecule has 1 N–H and O–H groups in total. The smallest absolute Gasteiger partial charge is 0.193 e. The minimum atomic E-state index is 0. The van der Waals surface area contributed by atoms with E-state index in [0.29, 0.717) is 11.7 Å². The molecule has 1 atom stereocenters. The van der Waals surface area contributed by atoms with Crippen molar-refractivity contribution in [3.63, 3.8) is 0 Å². The fraction of sp³-hybridized carbons (Fsp3) is 0.480. The molecular formula is C25H35IN4O3. The SMILES string of the molecule is CN=C(NCc1ccc(Oc2ccccc2OC)cc1)N1CCC(CN2CCOCC2)C1.I. The van der Waals surface area contributed by atoms with E-state index < -0.39 is 0 Å². The Morgan fingerprint density at radius 2 is 1.79 bits per heavy atom. The zero-order valence-corrected chi connectivity index (χ0v) is 21.9. The summed E-state index contributed by atoms with van der Waals surface area (Å²) >= 11 is 0. The third-order valence-corrected chi connectivity index (χ3v) is 6.09. The Morgan fingerprint density at radius 1 is 1.06 bits per heavy atom. The van der Waals surface area contributed by atoms with Gasteiger partial charge in [0.05, 0.1) is 20.3 Å². The van der Waals surface area contributed by atoms with Crippen molar-refractivity contribution >= 4 is 29.9 Å². The fourth-order valence-corrected chi connectivity index (χ4v) is 4.34. The second-order valence-electron chi connectivity index (χ2n) is 8.31. The van der Waals surface area contributed by atoms with Crippen molar-refractivity contribution in [3.05, 3.63) is 54.1 Å².